The highest BCUT2D eigenvalue weighted by Crippen LogP contribution is 2.19. The predicted molar refractivity (Wildman–Crippen MR) is 362 cm³/mol. The topological polar surface area (TPSA) is 78.9 Å². The number of carbonyl (C=O) groups excluding carboxylic acids is 3. The molecule has 0 spiro atoms. The van der Waals surface area contributed by atoms with E-state index in [1.807, 2.05) is 0 Å². The van der Waals surface area contributed by atoms with Gasteiger partial charge in [-0.1, -0.05) is 359 Å². The maximum absolute atomic E-state index is 13.0. The Bertz CT molecular complexity index is 1380. The van der Waals surface area contributed by atoms with Gasteiger partial charge in [-0.05, 0) is 77.0 Å². The Morgan fingerprint density at radius 2 is 0.434 bits per heavy atom. The van der Waals surface area contributed by atoms with Gasteiger partial charge in [0.15, 0.2) is 6.10 Å². The first-order valence-corrected chi connectivity index (χ1v) is 37.5. The standard InChI is InChI=1S/C77H144O6/c1-4-7-10-13-16-19-22-24-26-28-30-32-34-36-37-38-39-41-42-44-46-48-50-52-55-58-61-64-67-70-76(79)82-73-74(72-81-75(78)69-66-63-60-57-54-21-18-15-12-9-6-3)83-77(80)71-68-65-62-59-56-53-51-49-47-45-43-40-35-33-31-29-27-25-23-20-17-14-11-8-5-2/h22,24,28-31,74H,4-21,23,25-27,32-73H2,1-3H3/b24-22-,30-28-,31-29-. The van der Waals surface area contributed by atoms with Crippen molar-refractivity contribution in [3.05, 3.63) is 36.5 Å². The van der Waals surface area contributed by atoms with Crippen LogP contribution in [0.1, 0.15) is 419 Å². The summed E-state index contributed by atoms with van der Waals surface area (Å²) in [6.07, 6.45) is 90.5. The molecule has 6 heteroatoms. The smallest absolute Gasteiger partial charge is 0.306 e. The van der Waals surface area contributed by atoms with Gasteiger partial charge in [0.25, 0.3) is 0 Å². The van der Waals surface area contributed by atoms with Crippen molar-refractivity contribution in [1.29, 1.82) is 0 Å². The van der Waals surface area contributed by atoms with E-state index in [0.717, 1.165) is 64.2 Å². The molecule has 0 aliphatic rings. The first kappa shape index (κ1) is 80.6. The van der Waals surface area contributed by atoms with Crippen LogP contribution >= 0.6 is 0 Å². The zero-order valence-corrected chi connectivity index (χ0v) is 56.2. The molecule has 0 rings (SSSR count). The molecule has 0 radical (unpaired) electrons. The number of rotatable bonds is 70. The minimum absolute atomic E-state index is 0.0657. The van der Waals surface area contributed by atoms with Crippen LogP contribution in [0.3, 0.4) is 0 Å². The average Bonchev–Trinajstić information content (AvgIpc) is 3.48. The first-order chi connectivity index (χ1) is 41.0. The van der Waals surface area contributed by atoms with E-state index < -0.39 is 6.10 Å². The second-order valence-corrected chi connectivity index (χ2v) is 25.6. The minimum Gasteiger partial charge on any atom is -0.462 e. The molecule has 488 valence electrons. The number of esters is 3. The second-order valence-electron chi connectivity index (χ2n) is 25.6. The summed E-state index contributed by atoms with van der Waals surface area (Å²) in [5.41, 5.74) is 0. The van der Waals surface area contributed by atoms with Crippen molar-refractivity contribution >= 4 is 17.9 Å². The predicted octanol–water partition coefficient (Wildman–Crippen LogP) is 25.9. The van der Waals surface area contributed by atoms with Crippen LogP contribution in [0.2, 0.25) is 0 Å². The molecule has 0 aromatic rings. The fourth-order valence-electron chi connectivity index (χ4n) is 11.5. The Kier molecular flexibility index (Phi) is 70.0. The Balaban J connectivity index is 4.14. The van der Waals surface area contributed by atoms with Gasteiger partial charge in [-0.15, -0.1) is 0 Å². The van der Waals surface area contributed by atoms with E-state index >= 15 is 0 Å². The Labute approximate surface area is 518 Å². The third-order valence-corrected chi connectivity index (χ3v) is 17.1. The molecule has 0 bridgehead atoms. The number of ether oxygens (including phenoxy) is 3. The molecule has 6 nitrogen and oxygen atoms in total. The Morgan fingerprint density at radius 3 is 0.675 bits per heavy atom. The van der Waals surface area contributed by atoms with Crippen molar-refractivity contribution in [3.63, 3.8) is 0 Å². The molecule has 0 aliphatic heterocycles. The molecule has 0 saturated carbocycles. The maximum atomic E-state index is 13.0. The molecule has 0 aromatic heterocycles. The molecule has 0 heterocycles. The lowest BCUT2D eigenvalue weighted by atomic mass is 10.0. The van der Waals surface area contributed by atoms with Gasteiger partial charge in [-0.25, -0.2) is 0 Å². The lowest BCUT2D eigenvalue weighted by molar-refractivity contribution is -0.167. The van der Waals surface area contributed by atoms with E-state index in [0.29, 0.717) is 19.3 Å². The number of allylic oxidation sites excluding steroid dienone is 6. The van der Waals surface area contributed by atoms with E-state index in [-0.39, 0.29) is 31.1 Å². The van der Waals surface area contributed by atoms with Crippen LogP contribution in [-0.2, 0) is 28.6 Å². The average molecular weight is 1170 g/mol. The van der Waals surface area contributed by atoms with Crippen LogP contribution in [-0.4, -0.2) is 37.2 Å². The van der Waals surface area contributed by atoms with Crippen molar-refractivity contribution in [2.45, 2.75) is 425 Å². The molecular formula is C77H144O6. The number of carbonyl (C=O) groups is 3. The lowest BCUT2D eigenvalue weighted by Crippen LogP contribution is -2.30. The second kappa shape index (κ2) is 72.1. The zero-order valence-electron chi connectivity index (χ0n) is 56.2. The van der Waals surface area contributed by atoms with Crippen molar-refractivity contribution in [2.24, 2.45) is 0 Å². The molecule has 1 atom stereocenters. The number of hydrogen-bond donors (Lipinski definition) is 0. The van der Waals surface area contributed by atoms with Gasteiger partial charge in [0.1, 0.15) is 13.2 Å². The maximum Gasteiger partial charge on any atom is 0.306 e. The highest BCUT2D eigenvalue weighted by atomic mass is 16.6. The number of hydrogen-bond acceptors (Lipinski definition) is 6. The van der Waals surface area contributed by atoms with Crippen molar-refractivity contribution in [2.75, 3.05) is 13.2 Å². The molecule has 0 fully saturated rings. The van der Waals surface area contributed by atoms with E-state index in [4.69, 9.17) is 14.2 Å². The summed E-state index contributed by atoms with van der Waals surface area (Å²) >= 11 is 0. The van der Waals surface area contributed by atoms with E-state index in [2.05, 4.69) is 57.2 Å². The molecule has 1 unspecified atom stereocenters. The monoisotopic (exact) mass is 1170 g/mol. The highest BCUT2D eigenvalue weighted by Gasteiger charge is 2.20. The SMILES string of the molecule is CCCCCCC/C=C\C/C=C\CCCCCCCCCCCCCCCCCCCC(=O)OCC(COC(=O)CCCCCCCCCCCCC)OC(=O)CCCCCCCCCCCCCCC/C=C\CCCCCCCCCC. The van der Waals surface area contributed by atoms with Crippen LogP contribution in [0.4, 0.5) is 0 Å². The van der Waals surface area contributed by atoms with E-state index in [9.17, 15) is 14.4 Å². The minimum atomic E-state index is -0.769. The van der Waals surface area contributed by atoms with Crippen molar-refractivity contribution < 1.29 is 28.6 Å². The van der Waals surface area contributed by atoms with Gasteiger partial charge in [0.2, 0.25) is 0 Å². The third-order valence-electron chi connectivity index (χ3n) is 17.1. The molecule has 0 N–H and O–H groups in total. The van der Waals surface area contributed by atoms with Crippen molar-refractivity contribution in [1.82, 2.24) is 0 Å². The van der Waals surface area contributed by atoms with Gasteiger partial charge in [0, 0.05) is 19.3 Å². The van der Waals surface area contributed by atoms with E-state index in [1.165, 1.54) is 315 Å². The Morgan fingerprint density at radius 1 is 0.241 bits per heavy atom. The molecule has 0 amide bonds. The Hall–Kier alpha value is -2.37. The summed E-state index contributed by atoms with van der Waals surface area (Å²) in [7, 11) is 0. The molecule has 0 saturated heterocycles. The first-order valence-electron chi connectivity index (χ1n) is 37.5. The summed E-state index contributed by atoms with van der Waals surface area (Å²) < 4.78 is 17.0. The fourth-order valence-corrected chi connectivity index (χ4v) is 11.5. The summed E-state index contributed by atoms with van der Waals surface area (Å²) in [4.78, 5) is 38.4. The van der Waals surface area contributed by atoms with Gasteiger partial charge in [0.05, 0.1) is 0 Å². The van der Waals surface area contributed by atoms with E-state index in [1.54, 1.807) is 0 Å². The van der Waals surface area contributed by atoms with Crippen LogP contribution < -0.4 is 0 Å². The van der Waals surface area contributed by atoms with Crippen LogP contribution in [0.25, 0.3) is 0 Å². The molecule has 83 heavy (non-hydrogen) atoms. The van der Waals surface area contributed by atoms with Crippen LogP contribution in [0, 0.1) is 0 Å². The summed E-state index contributed by atoms with van der Waals surface area (Å²) in [6.45, 7) is 6.70. The lowest BCUT2D eigenvalue weighted by Gasteiger charge is -2.18. The number of unbranched alkanes of at least 4 members (excludes halogenated alkanes) is 53. The zero-order chi connectivity index (χ0) is 59.9. The van der Waals surface area contributed by atoms with Crippen LogP contribution in [0.5, 0.6) is 0 Å². The normalized spacial score (nSPS) is 12.2. The van der Waals surface area contributed by atoms with Gasteiger partial charge < -0.3 is 14.2 Å². The van der Waals surface area contributed by atoms with Crippen LogP contribution in [0.15, 0.2) is 36.5 Å². The quantitative estimate of drug-likeness (QED) is 0.0261. The summed E-state index contributed by atoms with van der Waals surface area (Å²) in [6, 6.07) is 0. The molecule has 0 aliphatic carbocycles. The van der Waals surface area contributed by atoms with Gasteiger partial charge in [-0.2, -0.15) is 0 Å². The molecule has 0 aromatic carbocycles. The third kappa shape index (κ3) is 70.3. The largest absolute Gasteiger partial charge is 0.462 e. The highest BCUT2D eigenvalue weighted by molar-refractivity contribution is 5.71. The van der Waals surface area contributed by atoms with Crippen molar-refractivity contribution in [3.8, 4) is 0 Å². The molecular weight excluding hydrogens is 1020 g/mol. The fraction of sp³-hybridized carbons (Fsp3) is 0.883. The van der Waals surface area contributed by atoms with Gasteiger partial charge in [-0.3, -0.25) is 14.4 Å². The summed E-state index contributed by atoms with van der Waals surface area (Å²) in [5.74, 6) is -0.835. The van der Waals surface area contributed by atoms with Gasteiger partial charge >= 0.3 is 17.9 Å². The summed E-state index contributed by atoms with van der Waals surface area (Å²) in [5, 5.41) is 0.